The summed E-state index contributed by atoms with van der Waals surface area (Å²) in [6.45, 7) is 11.8. The van der Waals surface area contributed by atoms with Gasteiger partial charge < -0.3 is 9.64 Å². The Morgan fingerprint density at radius 2 is 0.677 bits per heavy atom. The molecule has 0 aromatic heterocycles. The molecule has 0 saturated heterocycles. The van der Waals surface area contributed by atoms with E-state index in [-0.39, 0.29) is 5.91 Å². The number of nitrogens with zero attached hydrogens (tertiary/aromatic N) is 1. The number of nitrogens with one attached hydrogen (secondary N) is 2. The highest BCUT2D eigenvalue weighted by Crippen LogP contribution is 2.19. The number of carbonyl (C=O) groups excluding carboxylic acids is 2. The first-order chi connectivity index (χ1) is 30.3. The fourth-order valence-electron chi connectivity index (χ4n) is 8.74. The zero-order chi connectivity index (χ0) is 45.0. The van der Waals surface area contributed by atoms with E-state index < -0.39 is 11.7 Å². The van der Waals surface area contributed by atoms with Crippen LogP contribution in [-0.4, -0.2) is 35.6 Å². The van der Waals surface area contributed by atoms with Crippen molar-refractivity contribution < 1.29 is 14.3 Å². The van der Waals surface area contributed by atoms with Crippen LogP contribution < -0.4 is 10.9 Å². The summed E-state index contributed by atoms with van der Waals surface area (Å²) in [6, 6.07) is 7.42. The van der Waals surface area contributed by atoms with Crippen LogP contribution in [0.4, 0.5) is 10.5 Å². The van der Waals surface area contributed by atoms with E-state index in [0.29, 0.717) is 11.3 Å². The van der Waals surface area contributed by atoms with E-state index in [4.69, 9.17) is 4.74 Å². The van der Waals surface area contributed by atoms with Crippen LogP contribution in [0.1, 0.15) is 302 Å². The van der Waals surface area contributed by atoms with Gasteiger partial charge in [0.25, 0.3) is 5.91 Å². The SMILES string of the molecule is CCCCCCCCCCCCCCCCCCCCCCN(CCCCCCCCCCCCCCCCCCCCCC)C(=O)c1ccc(NNC(=O)OC(C)(C)C)cc1. The van der Waals surface area contributed by atoms with E-state index >= 15 is 0 Å². The molecule has 0 spiro atoms. The van der Waals surface area contributed by atoms with Crippen molar-refractivity contribution >= 4 is 17.7 Å². The lowest BCUT2D eigenvalue weighted by Crippen LogP contribution is -2.35. The number of hydrogen-bond donors (Lipinski definition) is 2. The molecule has 1 rings (SSSR count). The summed E-state index contributed by atoms with van der Waals surface area (Å²) in [7, 11) is 0. The molecule has 6 nitrogen and oxygen atoms in total. The summed E-state index contributed by atoms with van der Waals surface area (Å²) in [5.41, 5.74) is 6.32. The van der Waals surface area contributed by atoms with Gasteiger partial charge in [-0.2, -0.15) is 0 Å². The van der Waals surface area contributed by atoms with Gasteiger partial charge in [0.05, 0.1) is 5.69 Å². The predicted octanol–water partition coefficient (Wildman–Crippen LogP) is 18.6. The van der Waals surface area contributed by atoms with Crippen molar-refractivity contribution in [2.24, 2.45) is 0 Å². The number of rotatable bonds is 45. The Bertz CT molecular complexity index is 1070. The van der Waals surface area contributed by atoms with Gasteiger partial charge in [0.1, 0.15) is 5.60 Å². The van der Waals surface area contributed by atoms with Crippen molar-refractivity contribution in [2.45, 2.75) is 297 Å². The number of amides is 2. The molecule has 0 radical (unpaired) electrons. The Morgan fingerprint density at radius 3 is 0.935 bits per heavy atom. The molecule has 2 N–H and O–H groups in total. The normalized spacial score (nSPS) is 11.6. The van der Waals surface area contributed by atoms with Crippen molar-refractivity contribution in [3.63, 3.8) is 0 Å². The summed E-state index contributed by atoms with van der Waals surface area (Å²) in [4.78, 5) is 27.9. The maximum Gasteiger partial charge on any atom is 0.426 e. The van der Waals surface area contributed by atoms with Crippen LogP contribution in [0, 0.1) is 0 Å². The first-order valence-electron chi connectivity index (χ1n) is 27.4. The summed E-state index contributed by atoms with van der Waals surface area (Å²) in [6.07, 6.45) is 54.6. The number of hydrogen-bond acceptors (Lipinski definition) is 4. The predicted molar refractivity (Wildman–Crippen MR) is 271 cm³/mol. The lowest BCUT2D eigenvalue weighted by Gasteiger charge is -2.23. The Labute approximate surface area is 386 Å². The summed E-state index contributed by atoms with van der Waals surface area (Å²) in [5, 5.41) is 0. The van der Waals surface area contributed by atoms with Crippen LogP contribution in [0.2, 0.25) is 0 Å². The molecule has 0 aliphatic carbocycles. The molecular weight excluding hydrogens is 763 g/mol. The zero-order valence-corrected chi connectivity index (χ0v) is 42.2. The molecule has 0 aliphatic heterocycles. The molecule has 0 aliphatic rings. The largest absolute Gasteiger partial charge is 0.443 e. The third-order valence-corrected chi connectivity index (χ3v) is 12.7. The molecule has 6 heteroatoms. The van der Waals surface area contributed by atoms with E-state index in [1.807, 2.05) is 45.0 Å². The summed E-state index contributed by atoms with van der Waals surface area (Å²) < 4.78 is 5.31. The number of carbonyl (C=O) groups is 2. The third kappa shape index (κ3) is 38.2. The topological polar surface area (TPSA) is 70.7 Å². The first-order valence-corrected chi connectivity index (χ1v) is 27.4. The van der Waals surface area contributed by atoms with E-state index in [1.165, 1.54) is 244 Å². The maximum absolute atomic E-state index is 13.8. The molecule has 1 aromatic rings. The Hall–Kier alpha value is -2.24. The monoisotopic (exact) mass is 868 g/mol. The van der Waals surface area contributed by atoms with E-state index in [9.17, 15) is 9.59 Å². The summed E-state index contributed by atoms with van der Waals surface area (Å²) in [5.74, 6) is 0.118. The Morgan fingerprint density at radius 1 is 0.419 bits per heavy atom. The minimum atomic E-state index is -0.567. The molecular formula is C56H105N3O3. The molecule has 0 fully saturated rings. The standard InChI is InChI=1S/C56H105N3O3/c1-6-8-10-12-14-16-18-20-22-24-26-28-30-32-34-36-38-40-42-44-50-59(54(60)52-46-48-53(49-47-52)57-58-55(61)62-56(3,4)5)51-45-43-41-39-37-35-33-31-29-27-25-23-21-19-17-15-13-11-9-7-2/h46-49,57H,6-45,50-51H2,1-5H3,(H,58,61). The molecule has 0 heterocycles. The van der Waals surface area contributed by atoms with Gasteiger partial charge in [-0.1, -0.05) is 258 Å². The average Bonchev–Trinajstić information content (AvgIpc) is 3.25. The van der Waals surface area contributed by atoms with Crippen molar-refractivity contribution in [1.29, 1.82) is 0 Å². The highest BCUT2D eigenvalue weighted by atomic mass is 16.6. The molecule has 362 valence electrons. The van der Waals surface area contributed by atoms with Crippen molar-refractivity contribution in [3.8, 4) is 0 Å². The average molecular weight is 868 g/mol. The van der Waals surface area contributed by atoms with Crippen molar-refractivity contribution in [3.05, 3.63) is 29.8 Å². The van der Waals surface area contributed by atoms with Crippen LogP contribution >= 0.6 is 0 Å². The molecule has 0 saturated carbocycles. The minimum absolute atomic E-state index is 0.118. The van der Waals surface area contributed by atoms with Gasteiger partial charge in [-0.25, -0.2) is 10.2 Å². The highest BCUT2D eigenvalue weighted by Gasteiger charge is 2.17. The van der Waals surface area contributed by atoms with E-state index in [0.717, 1.165) is 25.9 Å². The second kappa shape index (κ2) is 42.7. The summed E-state index contributed by atoms with van der Waals surface area (Å²) >= 11 is 0. The van der Waals surface area contributed by atoms with Crippen LogP contribution in [0.3, 0.4) is 0 Å². The minimum Gasteiger partial charge on any atom is -0.443 e. The van der Waals surface area contributed by atoms with Gasteiger partial charge in [-0.15, -0.1) is 0 Å². The fourth-order valence-corrected chi connectivity index (χ4v) is 8.74. The molecule has 0 atom stereocenters. The van der Waals surface area contributed by atoms with Gasteiger partial charge in [-0.3, -0.25) is 10.2 Å². The number of hydrazine groups is 1. The molecule has 1 aromatic carbocycles. The molecule has 2 amide bonds. The van der Waals surface area contributed by atoms with Crippen molar-refractivity contribution in [1.82, 2.24) is 10.3 Å². The zero-order valence-electron chi connectivity index (χ0n) is 42.2. The lowest BCUT2D eigenvalue weighted by molar-refractivity contribution is 0.0540. The number of benzene rings is 1. The quantitative estimate of drug-likeness (QED) is 0.0506. The second-order valence-corrected chi connectivity index (χ2v) is 20.1. The fraction of sp³-hybridized carbons (Fsp3) is 0.857. The van der Waals surface area contributed by atoms with Gasteiger partial charge in [0.15, 0.2) is 0 Å². The van der Waals surface area contributed by atoms with Gasteiger partial charge in [-0.05, 0) is 57.9 Å². The molecule has 62 heavy (non-hydrogen) atoms. The highest BCUT2D eigenvalue weighted by molar-refractivity contribution is 5.94. The van der Waals surface area contributed by atoms with Crippen LogP contribution in [0.5, 0.6) is 0 Å². The Kier molecular flexibility index (Phi) is 39.8. The number of ether oxygens (including phenoxy) is 1. The van der Waals surface area contributed by atoms with E-state index in [1.54, 1.807) is 0 Å². The molecule has 0 unspecified atom stereocenters. The Balaban J connectivity index is 2.27. The van der Waals surface area contributed by atoms with Crippen LogP contribution in [0.25, 0.3) is 0 Å². The lowest BCUT2D eigenvalue weighted by atomic mass is 10.0. The van der Waals surface area contributed by atoms with Gasteiger partial charge in [0.2, 0.25) is 0 Å². The third-order valence-electron chi connectivity index (χ3n) is 12.7. The smallest absolute Gasteiger partial charge is 0.426 e. The number of unbranched alkanes of at least 4 members (excludes halogenated alkanes) is 38. The second-order valence-electron chi connectivity index (χ2n) is 20.1. The van der Waals surface area contributed by atoms with Crippen LogP contribution in [0.15, 0.2) is 24.3 Å². The van der Waals surface area contributed by atoms with E-state index in [2.05, 4.69) is 29.6 Å². The first kappa shape index (κ1) is 57.8. The van der Waals surface area contributed by atoms with Gasteiger partial charge >= 0.3 is 6.09 Å². The maximum atomic E-state index is 13.8. The molecule has 0 bridgehead atoms. The van der Waals surface area contributed by atoms with Crippen LogP contribution in [-0.2, 0) is 4.74 Å². The van der Waals surface area contributed by atoms with Gasteiger partial charge in [0, 0.05) is 18.7 Å². The number of anilines is 1. The van der Waals surface area contributed by atoms with Crippen molar-refractivity contribution in [2.75, 3.05) is 18.5 Å².